The van der Waals surface area contributed by atoms with Gasteiger partial charge in [0.1, 0.15) is 5.82 Å². The Morgan fingerprint density at radius 3 is 2.37 bits per heavy atom. The van der Waals surface area contributed by atoms with Crippen molar-refractivity contribution in [2.75, 3.05) is 7.05 Å². The van der Waals surface area contributed by atoms with Gasteiger partial charge in [0, 0.05) is 12.0 Å². The van der Waals surface area contributed by atoms with Crippen LogP contribution in [0.25, 0.3) is 11.1 Å². The second kappa shape index (κ2) is 5.72. The van der Waals surface area contributed by atoms with Gasteiger partial charge in [0.05, 0.1) is 0 Å². The summed E-state index contributed by atoms with van der Waals surface area (Å²) in [6.45, 7) is 0. The molecular weight excluding hydrogens is 261 g/mol. The fraction of sp³-hybridized carbons (Fsp3) is 0.250. The molecule has 1 N–H and O–H groups in total. The summed E-state index contributed by atoms with van der Waals surface area (Å²) in [7, 11) is 2.01. The van der Waals surface area contributed by atoms with E-state index in [1.807, 2.05) is 25.2 Å². The second-order valence-electron chi connectivity index (χ2n) is 4.83. The minimum absolute atomic E-state index is 0. The zero-order valence-corrected chi connectivity index (χ0v) is 11.6. The predicted octanol–water partition coefficient (Wildman–Crippen LogP) is 3.99. The molecule has 0 aromatic heterocycles. The summed E-state index contributed by atoms with van der Waals surface area (Å²) in [5.41, 5.74) is 3.68. The maximum absolute atomic E-state index is 13.0. The van der Waals surface area contributed by atoms with Crippen LogP contribution in [0.15, 0.2) is 48.5 Å². The number of nitrogens with one attached hydrogen (secondary N) is 1. The topological polar surface area (TPSA) is 12.0 Å². The van der Waals surface area contributed by atoms with Gasteiger partial charge in [-0.25, -0.2) is 4.39 Å². The van der Waals surface area contributed by atoms with E-state index < -0.39 is 0 Å². The van der Waals surface area contributed by atoms with Crippen LogP contribution in [-0.2, 0) is 0 Å². The van der Waals surface area contributed by atoms with Gasteiger partial charge in [0.15, 0.2) is 0 Å². The molecule has 0 heterocycles. The molecule has 0 amide bonds. The third-order valence-electron chi connectivity index (χ3n) is 3.68. The normalized spacial score (nSPS) is 20.7. The van der Waals surface area contributed by atoms with Crippen LogP contribution in [0.4, 0.5) is 4.39 Å². The van der Waals surface area contributed by atoms with Crippen LogP contribution in [0.1, 0.15) is 17.9 Å². The van der Waals surface area contributed by atoms with Gasteiger partial charge < -0.3 is 5.32 Å². The third-order valence-corrected chi connectivity index (χ3v) is 3.68. The molecule has 0 radical (unpaired) electrons. The Kier molecular flexibility index (Phi) is 4.23. The molecule has 1 saturated carbocycles. The van der Waals surface area contributed by atoms with E-state index in [0.29, 0.717) is 12.0 Å². The van der Waals surface area contributed by atoms with Crippen molar-refractivity contribution in [3.63, 3.8) is 0 Å². The molecule has 1 aliphatic carbocycles. The second-order valence-corrected chi connectivity index (χ2v) is 4.83. The largest absolute Gasteiger partial charge is 0.316 e. The Balaban J connectivity index is 0.00000133. The highest BCUT2D eigenvalue weighted by molar-refractivity contribution is 5.85. The Morgan fingerprint density at radius 2 is 1.74 bits per heavy atom. The fourth-order valence-electron chi connectivity index (χ4n) is 2.57. The molecule has 0 saturated heterocycles. The first-order valence-electron chi connectivity index (χ1n) is 6.31. The van der Waals surface area contributed by atoms with Crippen molar-refractivity contribution in [1.29, 1.82) is 0 Å². The van der Waals surface area contributed by atoms with Crippen LogP contribution in [-0.4, -0.2) is 13.1 Å². The van der Waals surface area contributed by atoms with E-state index in [-0.39, 0.29) is 18.2 Å². The van der Waals surface area contributed by atoms with E-state index in [9.17, 15) is 4.39 Å². The molecule has 1 fully saturated rings. The lowest BCUT2D eigenvalue weighted by Crippen LogP contribution is -2.10. The summed E-state index contributed by atoms with van der Waals surface area (Å²) in [5, 5.41) is 3.32. The molecule has 1 aliphatic rings. The molecule has 100 valence electrons. The fourth-order valence-corrected chi connectivity index (χ4v) is 2.57. The molecule has 1 nitrogen and oxygen atoms in total. The standard InChI is InChI=1S/C16H16FN.ClH/c1-18-16-10-15(16)14-5-3-2-4-13(14)11-6-8-12(17)9-7-11;/h2-9,15-16,18H,10H2,1H3;1H/t15-,16+;/m0./s1. The third kappa shape index (κ3) is 2.80. The van der Waals surface area contributed by atoms with E-state index >= 15 is 0 Å². The van der Waals surface area contributed by atoms with E-state index in [4.69, 9.17) is 0 Å². The van der Waals surface area contributed by atoms with Crippen molar-refractivity contribution in [2.45, 2.75) is 18.4 Å². The lowest BCUT2D eigenvalue weighted by atomic mass is 9.96. The van der Waals surface area contributed by atoms with Crippen LogP contribution < -0.4 is 5.32 Å². The van der Waals surface area contributed by atoms with E-state index in [1.54, 1.807) is 0 Å². The molecule has 2 atom stereocenters. The smallest absolute Gasteiger partial charge is 0.123 e. The van der Waals surface area contributed by atoms with Crippen molar-refractivity contribution in [2.24, 2.45) is 0 Å². The van der Waals surface area contributed by atoms with Crippen molar-refractivity contribution >= 4 is 12.4 Å². The van der Waals surface area contributed by atoms with Gasteiger partial charge >= 0.3 is 0 Å². The first kappa shape index (κ1) is 14.0. The number of benzene rings is 2. The minimum atomic E-state index is -0.184. The van der Waals surface area contributed by atoms with Gasteiger partial charge in [-0.3, -0.25) is 0 Å². The van der Waals surface area contributed by atoms with Crippen molar-refractivity contribution in [3.05, 3.63) is 59.9 Å². The molecule has 19 heavy (non-hydrogen) atoms. The Hall–Kier alpha value is -1.38. The molecule has 3 rings (SSSR count). The molecule has 3 heteroatoms. The van der Waals surface area contributed by atoms with Crippen LogP contribution in [0, 0.1) is 5.82 Å². The number of likely N-dealkylation sites (N-methyl/N-ethyl adjacent to an activating group) is 1. The highest BCUT2D eigenvalue weighted by Gasteiger charge is 2.38. The summed E-state index contributed by atoms with van der Waals surface area (Å²) in [5.74, 6) is 0.409. The van der Waals surface area contributed by atoms with E-state index in [0.717, 1.165) is 5.56 Å². The molecule has 0 spiro atoms. The summed E-state index contributed by atoms with van der Waals surface area (Å²) in [6.07, 6.45) is 1.19. The maximum Gasteiger partial charge on any atom is 0.123 e. The predicted molar refractivity (Wildman–Crippen MR) is 79.3 cm³/mol. The Labute approximate surface area is 119 Å². The van der Waals surface area contributed by atoms with Crippen LogP contribution in [0.5, 0.6) is 0 Å². The minimum Gasteiger partial charge on any atom is -0.316 e. The van der Waals surface area contributed by atoms with Gasteiger partial charge in [-0.15, -0.1) is 12.4 Å². The Bertz CT molecular complexity index is 553. The lowest BCUT2D eigenvalue weighted by molar-refractivity contribution is 0.628. The van der Waals surface area contributed by atoms with Crippen LogP contribution in [0.3, 0.4) is 0 Å². The quantitative estimate of drug-likeness (QED) is 0.894. The van der Waals surface area contributed by atoms with Gasteiger partial charge in [0.2, 0.25) is 0 Å². The van der Waals surface area contributed by atoms with E-state index in [2.05, 4.69) is 23.5 Å². The number of halogens is 2. The van der Waals surface area contributed by atoms with Crippen molar-refractivity contribution < 1.29 is 4.39 Å². The average Bonchev–Trinajstić information content (AvgIpc) is 3.19. The highest BCUT2D eigenvalue weighted by Crippen LogP contribution is 2.44. The van der Waals surface area contributed by atoms with Gasteiger partial charge in [0.25, 0.3) is 0 Å². The molecule has 0 bridgehead atoms. The number of hydrogen-bond acceptors (Lipinski definition) is 1. The SMILES string of the molecule is CN[C@@H]1C[C@H]1c1ccccc1-c1ccc(F)cc1.Cl. The molecule has 0 aliphatic heterocycles. The monoisotopic (exact) mass is 277 g/mol. The average molecular weight is 278 g/mol. The summed E-state index contributed by atoms with van der Waals surface area (Å²) in [6, 6.07) is 15.8. The zero-order valence-electron chi connectivity index (χ0n) is 10.8. The molecular formula is C16H17ClFN. The van der Waals surface area contributed by atoms with Gasteiger partial charge in [-0.05, 0) is 42.3 Å². The highest BCUT2D eigenvalue weighted by atomic mass is 35.5. The van der Waals surface area contributed by atoms with Crippen molar-refractivity contribution in [3.8, 4) is 11.1 Å². The van der Waals surface area contributed by atoms with Gasteiger partial charge in [-0.1, -0.05) is 36.4 Å². The Morgan fingerprint density at radius 1 is 1.05 bits per heavy atom. The van der Waals surface area contributed by atoms with Crippen molar-refractivity contribution in [1.82, 2.24) is 5.32 Å². The van der Waals surface area contributed by atoms with E-state index in [1.165, 1.54) is 29.7 Å². The van der Waals surface area contributed by atoms with Crippen LogP contribution >= 0.6 is 12.4 Å². The summed E-state index contributed by atoms with van der Waals surface area (Å²) < 4.78 is 13.0. The molecule has 2 aromatic carbocycles. The zero-order chi connectivity index (χ0) is 12.5. The summed E-state index contributed by atoms with van der Waals surface area (Å²) in [4.78, 5) is 0. The lowest BCUT2D eigenvalue weighted by Gasteiger charge is -2.09. The maximum atomic E-state index is 13.0. The summed E-state index contributed by atoms with van der Waals surface area (Å²) >= 11 is 0. The first-order chi connectivity index (χ1) is 8.79. The molecule has 0 unspecified atom stereocenters. The van der Waals surface area contributed by atoms with Gasteiger partial charge in [-0.2, -0.15) is 0 Å². The molecule has 2 aromatic rings. The number of rotatable bonds is 3. The number of hydrogen-bond donors (Lipinski definition) is 1. The first-order valence-corrected chi connectivity index (χ1v) is 6.31. The van der Waals surface area contributed by atoms with Crippen LogP contribution in [0.2, 0.25) is 0 Å².